The molecule has 1 aromatic heterocycles. The summed E-state index contributed by atoms with van der Waals surface area (Å²) in [6.07, 6.45) is 4.02. The quantitative estimate of drug-likeness (QED) is 0.466. The van der Waals surface area contributed by atoms with Crippen LogP contribution in [0.3, 0.4) is 0 Å². The summed E-state index contributed by atoms with van der Waals surface area (Å²) >= 11 is 0. The summed E-state index contributed by atoms with van der Waals surface area (Å²) < 4.78 is 0. The highest BCUT2D eigenvalue weighted by Crippen LogP contribution is 2.42. The number of nitrogen functional groups attached to an aromatic ring is 1. The predicted molar refractivity (Wildman–Crippen MR) is 117 cm³/mol. The van der Waals surface area contributed by atoms with Crippen molar-refractivity contribution in [3.8, 4) is 11.1 Å². The molecule has 0 bridgehead atoms. The number of carbonyl (C=O) groups is 1. The van der Waals surface area contributed by atoms with Gasteiger partial charge in [0.2, 0.25) is 0 Å². The van der Waals surface area contributed by atoms with Crippen molar-refractivity contribution in [3.63, 3.8) is 0 Å². The van der Waals surface area contributed by atoms with Crippen molar-refractivity contribution in [2.75, 3.05) is 11.1 Å². The average Bonchev–Trinajstić information content (AvgIpc) is 3.60. The second-order valence-electron chi connectivity index (χ2n) is 7.45. The van der Waals surface area contributed by atoms with Gasteiger partial charge in [0, 0.05) is 11.6 Å². The lowest BCUT2D eigenvalue weighted by Gasteiger charge is -2.11. The van der Waals surface area contributed by atoms with Gasteiger partial charge in [-0.15, -0.1) is 0 Å². The maximum atomic E-state index is 12.9. The summed E-state index contributed by atoms with van der Waals surface area (Å²) in [5.74, 6) is 0.337. The van der Waals surface area contributed by atoms with Crippen LogP contribution in [0.15, 0.2) is 72.9 Å². The summed E-state index contributed by atoms with van der Waals surface area (Å²) in [6, 6.07) is 24.7. The smallest absolute Gasteiger partial charge is 0.257 e. The van der Waals surface area contributed by atoms with Gasteiger partial charge in [-0.3, -0.25) is 9.78 Å². The molecule has 0 spiro atoms. The minimum Gasteiger partial charge on any atom is -0.397 e. The van der Waals surface area contributed by atoms with E-state index in [1.165, 1.54) is 12.8 Å². The van der Waals surface area contributed by atoms with Crippen LogP contribution in [0.25, 0.3) is 22.0 Å². The number of aromatic nitrogens is 1. The number of nitrogens with two attached hydrogens (primary N) is 1. The van der Waals surface area contributed by atoms with Crippen LogP contribution in [0.4, 0.5) is 11.4 Å². The third-order valence-corrected chi connectivity index (χ3v) is 5.33. The third-order valence-electron chi connectivity index (χ3n) is 5.33. The summed E-state index contributed by atoms with van der Waals surface area (Å²) in [5, 5.41) is 3.90. The van der Waals surface area contributed by atoms with E-state index in [-0.39, 0.29) is 5.91 Å². The van der Waals surface area contributed by atoms with Crippen LogP contribution >= 0.6 is 0 Å². The first-order valence-electron chi connectivity index (χ1n) is 9.76. The number of hydrogen-bond donors (Lipinski definition) is 2. The summed E-state index contributed by atoms with van der Waals surface area (Å²) in [4.78, 5) is 17.4. The molecule has 1 radical (unpaired) electrons. The number of nitrogens with one attached hydrogen (secondary N) is 1. The number of amides is 1. The molecule has 4 aromatic rings. The number of nitrogens with zero attached hydrogens (tertiary/aromatic N) is 1. The highest BCUT2D eigenvalue weighted by atomic mass is 16.1. The maximum Gasteiger partial charge on any atom is 0.257 e. The van der Waals surface area contributed by atoms with E-state index in [9.17, 15) is 4.79 Å². The molecule has 1 aliphatic rings. The fraction of sp³-hybridized carbons (Fsp3) is 0.120. The Hall–Kier alpha value is -3.66. The highest BCUT2D eigenvalue weighted by molar-refractivity contribution is 6.07. The fourth-order valence-electron chi connectivity index (χ4n) is 3.60. The molecule has 3 N–H and O–H groups in total. The Morgan fingerprint density at radius 3 is 2.66 bits per heavy atom. The molecule has 5 rings (SSSR count). The zero-order valence-corrected chi connectivity index (χ0v) is 15.9. The van der Waals surface area contributed by atoms with Gasteiger partial charge in [-0.05, 0) is 59.7 Å². The van der Waals surface area contributed by atoms with E-state index in [0.717, 1.165) is 27.6 Å². The molecule has 0 atom stereocenters. The molecule has 1 aliphatic carbocycles. The summed E-state index contributed by atoms with van der Waals surface area (Å²) in [6.45, 7) is 0. The number of fused-ring (bicyclic) bond motifs is 1. The molecule has 141 valence electrons. The monoisotopic (exact) mass is 378 g/mol. The molecule has 4 heteroatoms. The Morgan fingerprint density at radius 1 is 1.03 bits per heavy atom. The number of benzene rings is 3. The van der Waals surface area contributed by atoms with Crippen LogP contribution in [0.5, 0.6) is 0 Å². The van der Waals surface area contributed by atoms with Crippen LogP contribution < -0.4 is 11.1 Å². The standard InChI is InChI=1S/C25H20N3O/c26-22-12-11-18(16-5-2-1-3-6-16)14-23(22)28-25(29)20-13-19-7-4-8-21(17-9-10-17)24(19)27-15-20/h1-7,11-15,17H,9-10,26H2,(H,28,29). The SMILES string of the molecule is Nc1ccc(-c2ccccc2)cc1NC(=O)c1cnc2c(C3CC3)[c]ccc2c1. The van der Waals surface area contributed by atoms with Gasteiger partial charge >= 0.3 is 0 Å². The van der Waals surface area contributed by atoms with Gasteiger partial charge in [-0.2, -0.15) is 0 Å². The summed E-state index contributed by atoms with van der Waals surface area (Å²) in [5.41, 5.74) is 11.9. The van der Waals surface area contributed by atoms with Gasteiger partial charge in [-0.1, -0.05) is 48.5 Å². The first-order chi connectivity index (χ1) is 14.2. The average molecular weight is 378 g/mol. The minimum atomic E-state index is -0.225. The van der Waals surface area contributed by atoms with Crippen LogP contribution in [0.1, 0.15) is 34.7 Å². The van der Waals surface area contributed by atoms with Crippen molar-refractivity contribution in [1.82, 2.24) is 4.98 Å². The molecule has 1 amide bonds. The Morgan fingerprint density at radius 2 is 1.86 bits per heavy atom. The predicted octanol–water partition coefficient (Wildman–Crippen LogP) is 5.41. The Balaban J connectivity index is 1.44. The van der Waals surface area contributed by atoms with Gasteiger partial charge in [-0.25, -0.2) is 0 Å². The van der Waals surface area contributed by atoms with Gasteiger partial charge < -0.3 is 11.1 Å². The van der Waals surface area contributed by atoms with Crippen LogP contribution in [0, 0.1) is 6.07 Å². The lowest BCUT2D eigenvalue weighted by molar-refractivity contribution is 0.102. The third kappa shape index (κ3) is 3.45. The largest absolute Gasteiger partial charge is 0.397 e. The van der Waals surface area contributed by atoms with Gasteiger partial charge in [0.1, 0.15) is 0 Å². The minimum absolute atomic E-state index is 0.225. The molecule has 29 heavy (non-hydrogen) atoms. The van der Waals surface area contributed by atoms with E-state index < -0.39 is 0 Å². The molecular weight excluding hydrogens is 358 g/mol. The first kappa shape index (κ1) is 17.4. The van der Waals surface area contributed by atoms with E-state index in [1.54, 1.807) is 6.20 Å². The van der Waals surface area contributed by atoms with E-state index in [0.29, 0.717) is 22.9 Å². The molecule has 0 unspecified atom stereocenters. The summed E-state index contributed by atoms with van der Waals surface area (Å²) in [7, 11) is 0. The molecule has 1 fully saturated rings. The van der Waals surface area contributed by atoms with Gasteiger partial charge in [0.05, 0.1) is 22.5 Å². The molecule has 0 aliphatic heterocycles. The Bertz CT molecular complexity index is 1210. The van der Waals surface area contributed by atoms with Crippen LogP contribution in [-0.2, 0) is 0 Å². The molecule has 3 aromatic carbocycles. The molecule has 0 saturated heterocycles. The number of pyridine rings is 1. The van der Waals surface area contributed by atoms with Crippen LogP contribution in [0.2, 0.25) is 0 Å². The zero-order valence-electron chi connectivity index (χ0n) is 15.9. The number of carbonyl (C=O) groups excluding carboxylic acids is 1. The van der Waals surface area contributed by atoms with E-state index in [1.807, 2.05) is 66.7 Å². The lowest BCUT2D eigenvalue weighted by Crippen LogP contribution is -2.13. The normalized spacial score (nSPS) is 13.4. The number of rotatable bonds is 4. The molecular formula is C25H20N3O. The van der Waals surface area contributed by atoms with Crippen LogP contribution in [-0.4, -0.2) is 10.9 Å². The van der Waals surface area contributed by atoms with Crippen molar-refractivity contribution in [1.29, 1.82) is 0 Å². The second-order valence-corrected chi connectivity index (χ2v) is 7.45. The number of anilines is 2. The van der Waals surface area contributed by atoms with Crippen molar-refractivity contribution >= 4 is 28.2 Å². The highest BCUT2D eigenvalue weighted by Gasteiger charge is 2.26. The molecule has 1 heterocycles. The molecule has 4 nitrogen and oxygen atoms in total. The topological polar surface area (TPSA) is 68.0 Å². The van der Waals surface area contributed by atoms with E-state index in [2.05, 4.69) is 16.4 Å². The van der Waals surface area contributed by atoms with E-state index >= 15 is 0 Å². The zero-order chi connectivity index (χ0) is 19.8. The van der Waals surface area contributed by atoms with E-state index in [4.69, 9.17) is 5.73 Å². The first-order valence-corrected chi connectivity index (χ1v) is 9.76. The van der Waals surface area contributed by atoms with Gasteiger partial charge in [0.15, 0.2) is 0 Å². The number of hydrogen-bond acceptors (Lipinski definition) is 3. The maximum absolute atomic E-state index is 12.9. The molecule has 1 saturated carbocycles. The van der Waals surface area contributed by atoms with Gasteiger partial charge in [0.25, 0.3) is 5.91 Å². The Labute approximate surface area is 169 Å². The Kier molecular flexibility index (Phi) is 4.24. The van der Waals surface area contributed by atoms with Crippen molar-refractivity contribution < 1.29 is 4.79 Å². The second kappa shape index (κ2) is 7.06. The van der Waals surface area contributed by atoms with Crippen molar-refractivity contribution in [2.45, 2.75) is 18.8 Å². The van der Waals surface area contributed by atoms with Crippen molar-refractivity contribution in [2.24, 2.45) is 0 Å². The fourth-order valence-corrected chi connectivity index (χ4v) is 3.60. The van der Waals surface area contributed by atoms with Crippen molar-refractivity contribution in [3.05, 3.63) is 90.1 Å². The lowest BCUT2D eigenvalue weighted by atomic mass is 10.0.